The summed E-state index contributed by atoms with van der Waals surface area (Å²) in [5.41, 5.74) is 4.54. The first-order valence-corrected chi connectivity index (χ1v) is 11.1. The Hall–Kier alpha value is -4.15. The molecular weight excluding hydrogens is 430 g/mol. The number of hydrogen-bond acceptors (Lipinski definition) is 5. The molecule has 0 spiro atoms. The molecule has 0 saturated carbocycles. The van der Waals surface area contributed by atoms with Crippen molar-refractivity contribution in [2.45, 2.75) is 38.8 Å². The van der Waals surface area contributed by atoms with Gasteiger partial charge in [-0.15, -0.1) is 0 Å². The van der Waals surface area contributed by atoms with Gasteiger partial charge in [0.2, 0.25) is 0 Å². The van der Waals surface area contributed by atoms with Crippen molar-refractivity contribution < 1.29 is 19.5 Å². The lowest BCUT2D eigenvalue weighted by Gasteiger charge is -2.07. The van der Waals surface area contributed by atoms with Crippen LogP contribution in [0.1, 0.15) is 54.1 Å². The van der Waals surface area contributed by atoms with Crippen LogP contribution in [0.4, 0.5) is 0 Å². The Morgan fingerprint density at radius 3 is 2.41 bits per heavy atom. The Balaban J connectivity index is 1.37. The molecule has 34 heavy (non-hydrogen) atoms. The molecule has 0 unspecified atom stereocenters. The van der Waals surface area contributed by atoms with Crippen LogP contribution in [-0.2, 0) is 17.8 Å². The Kier molecular flexibility index (Phi) is 7.21. The van der Waals surface area contributed by atoms with Gasteiger partial charge in [-0.05, 0) is 61.7 Å². The summed E-state index contributed by atoms with van der Waals surface area (Å²) in [4.78, 5) is 14.8. The number of aryl methyl sites for hydroxylation is 1. The lowest BCUT2D eigenvalue weighted by Crippen LogP contribution is -2.07. The van der Waals surface area contributed by atoms with Gasteiger partial charge in [-0.25, -0.2) is 4.98 Å². The first kappa shape index (κ1) is 23.0. The van der Waals surface area contributed by atoms with E-state index in [0.29, 0.717) is 24.6 Å². The number of carboxylic acids is 1. The molecule has 0 aliphatic heterocycles. The van der Waals surface area contributed by atoms with E-state index in [1.54, 1.807) is 19.3 Å². The van der Waals surface area contributed by atoms with Gasteiger partial charge in [-0.3, -0.25) is 4.79 Å². The predicted molar refractivity (Wildman–Crippen MR) is 127 cm³/mol. The van der Waals surface area contributed by atoms with Crippen LogP contribution in [0, 0.1) is 11.8 Å². The van der Waals surface area contributed by atoms with Crippen molar-refractivity contribution in [1.82, 2.24) is 14.7 Å². The number of aliphatic hydroxyl groups excluding tert-OH is 1. The molecule has 7 heteroatoms. The van der Waals surface area contributed by atoms with Gasteiger partial charge in [0.1, 0.15) is 17.6 Å². The number of imidazole rings is 1. The fourth-order valence-electron chi connectivity index (χ4n) is 3.58. The highest BCUT2D eigenvalue weighted by molar-refractivity contribution is 5.66. The van der Waals surface area contributed by atoms with Gasteiger partial charge in [0.05, 0.1) is 6.54 Å². The Morgan fingerprint density at radius 1 is 1.09 bits per heavy atom. The van der Waals surface area contributed by atoms with Crippen LogP contribution in [0.2, 0.25) is 0 Å². The van der Waals surface area contributed by atoms with Crippen molar-refractivity contribution in [2.24, 2.45) is 0 Å². The number of benzene rings is 2. The summed E-state index contributed by atoms with van der Waals surface area (Å²) in [5.74, 6) is 6.79. The van der Waals surface area contributed by atoms with Crippen LogP contribution in [0.5, 0.6) is 0 Å². The molecule has 2 N–H and O–H groups in total. The van der Waals surface area contributed by atoms with Crippen LogP contribution in [0.15, 0.2) is 71.5 Å². The first-order chi connectivity index (χ1) is 16.5. The molecule has 172 valence electrons. The molecule has 7 nitrogen and oxygen atoms in total. The zero-order chi connectivity index (χ0) is 23.9. The average molecular weight is 456 g/mol. The zero-order valence-electron chi connectivity index (χ0n) is 18.8. The summed E-state index contributed by atoms with van der Waals surface area (Å²) in [6.07, 6.45) is 4.36. The number of carboxylic acid groups (broad SMARTS) is 1. The number of aromatic nitrogens is 3. The second-order valence-corrected chi connectivity index (χ2v) is 8.04. The Labute approximate surface area is 197 Å². The van der Waals surface area contributed by atoms with Gasteiger partial charge in [0.15, 0.2) is 5.76 Å². The highest BCUT2D eigenvalue weighted by atomic mass is 16.5. The van der Waals surface area contributed by atoms with Gasteiger partial charge in [-0.2, -0.15) is 0 Å². The van der Waals surface area contributed by atoms with E-state index >= 15 is 0 Å². The minimum atomic E-state index is -0.766. The normalized spacial score (nSPS) is 11.6. The third kappa shape index (κ3) is 6.00. The molecule has 0 saturated heterocycles. The van der Waals surface area contributed by atoms with Crippen molar-refractivity contribution in [1.29, 1.82) is 0 Å². The summed E-state index contributed by atoms with van der Waals surface area (Å²) >= 11 is 0. The lowest BCUT2D eigenvalue weighted by atomic mass is 10.1. The third-order valence-corrected chi connectivity index (χ3v) is 5.34. The number of aliphatic hydroxyl groups is 1. The molecule has 0 aliphatic carbocycles. The molecule has 1 atom stereocenters. The van der Waals surface area contributed by atoms with Crippen molar-refractivity contribution >= 4 is 5.97 Å². The van der Waals surface area contributed by atoms with Gasteiger partial charge in [0.25, 0.3) is 0 Å². The number of hydrogen-bond donors (Lipinski definition) is 2. The molecule has 4 rings (SSSR count). The van der Waals surface area contributed by atoms with Gasteiger partial charge in [0, 0.05) is 41.6 Å². The largest absolute Gasteiger partial charge is 0.481 e. The first-order valence-electron chi connectivity index (χ1n) is 11.1. The van der Waals surface area contributed by atoms with E-state index in [1.165, 1.54) is 0 Å². The molecule has 0 fully saturated rings. The molecule has 2 heterocycles. The maximum absolute atomic E-state index is 10.6. The van der Waals surface area contributed by atoms with E-state index in [1.807, 2.05) is 59.2 Å². The van der Waals surface area contributed by atoms with Gasteiger partial charge >= 0.3 is 5.97 Å². The van der Waals surface area contributed by atoms with Crippen LogP contribution >= 0.6 is 0 Å². The average Bonchev–Trinajstić information content (AvgIpc) is 3.49. The predicted octanol–water partition coefficient (Wildman–Crippen LogP) is 4.45. The third-order valence-electron chi connectivity index (χ3n) is 5.34. The second-order valence-electron chi connectivity index (χ2n) is 8.04. The Morgan fingerprint density at radius 2 is 1.76 bits per heavy atom. The van der Waals surface area contributed by atoms with Crippen molar-refractivity contribution in [2.75, 3.05) is 0 Å². The topological polar surface area (TPSA) is 101 Å². The van der Waals surface area contributed by atoms with Crippen LogP contribution in [0.25, 0.3) is 11.3 Å². The highest BCUT2D eigenvalue weighted by Gasteiger charge is 2.12. The molecule has 2 aromatic heterocycles. The van der Waals surface area contributed by atoms with Gasteiger partial charge < -0.3 is 19.3 Å². The fraction of sp³-hybridized carbons (Fsp3) is 0.222. The van der Waals surface area contributed by atoms with Crippen molar-refractivity contribution in [3.05, 3.63) is 95.2 Å². The quantitative estimate of drug-likeness (QED) is 0.381. The van der Waals surface area contributed by atoms with Gasteiger partial charge in [-0.1, -0.05) is 29.1 Å². The smallest absolute Gasteiger partial charge is 0.303 e. The molecule has 0 amide bonds. The Bertz CT molecular complexity index is 1310. The standard InChI is InChI=1S/C27H25N3O4/c1-19(31)27-28-15-16-30(27)18-24-17-25(34-29-24)23-13-11-22(12-14-23)10-9-21-7-5-20(6-8-21)3-2-4-26(32)33/h5-8,11-17,19,31H,2-4,18H2,1H3,(H,32,33)/t19-/m0/s1. The van der Waals surface area contributed by atoms with Crippen LogP contribution in [0.3, 0.4) is 0 Å². The molecule has 0 aliphatic rings. The van der Waals surface area contributed by atoms with E-state index in [4.69, 9.17) is 9.63 Å². The summed E-state index contributed by atoms with van der Waals surface area (Å²) in [5, 5.41) is 22.7. The van der Waals surface area contributed by atoms with Crippen molar-refractivity contribution in [3.8, 4) is 23.2 Å². The molecule has 0 bridgehead atoms. The highest BCUT2D eigenvalue weighted by Crippen LogP contribution is 2.22. The summed E-state index contributed by atoms with van der Waals surface area (Å²) in [6.45, 7) is 2.14. The van der Waals surface area contributed by atoms with Crippen molar-refractivity contribution in [3.63, 3.8) is 0 Å². The summed E-state index contributed by atoms with van der Waals surface area (Å²) < 4.78 is 7.35. The number of nitrogens with zero attached hydrogens (tertiary/aromatic N) is 3. The zero-order valence-corrected chi connectivity index (χ0v) is 18.8. The monoisotopic (exact) mass is 455 g/mol. The maximum atomic E-state index is 10.6. The fourth-order valence-corrected chi connectivity index (χ4v) is 3.58. The van der Waals surface area contributed by atoms with Crippen LogP contribution < -0.4 is 0 Å². The molecule has 2 aromatic carbocycles. The van der Waals surface area contributed by atoms with Crippen LogP contribution in [-0.4, -0.2) is 30.9 Å². The minimum absolute atomic E-state index is 0.182. The number of rotatable bonds is 8. The van der Waals surface area contributed by atoms with E-state index < -0.39 is 12.1 Å². The second kappa shape index (κ2) is 10.6. The number of carbonyl (C=O) groups is 1. The van der Waals surface area contributed by atoms with E-state index in [2.05, 4.69) is 22.0 Å². The SMILES string of the molecule is C[C@H](O)c1nccn1Cc1cc(-c2ccc(C#Cc3ccc(CCCC(=O)O)cc3)cc2)on1. The molecule has 0 radical (unpaired) electrons. The summed E-state index contributed by atoms with van der Waals surface area (Å²) in [6, 6.07) is 17.5. The minimum Gasteiger partial charge on any atom is -0.481 e. The van der Waals surface area contributed by atoms with E-state index in [9.17, 15) is 9.90 Å². The van der Waals surface area contributed by atoms with E-state index in [-0.39, 0.29) is 6.42 Å². The summed E-state index contributed by atoms with van der Waals surface area (Å²) in [7, 11) is 0. The molecular formula is C27H25N3O4. The lowest BCUT2D eigenvalue weighted by molar-refractivity contribution is -0.137. The maximum Gasteiger partial charge on any atom is 0.303 e. The van der Waals surface area contributed by atoms with E-state index in [0.717, 1.165) is 34.4 Å². The molecule has 4 aromatic rings. The number of aliphatic carboxylic acids is 1.